The molecule has 0 fully saturated rings. The zero-order valence-corrected chi connectivity index (χ0v) is 16.2. The van der Waals surface area contributed by atoms with Crippen LogP contribution in [0.4, 0.5) is 17.6 Å². The quantitative estimate of drug-likeness (QED) is 0.318. The number of benzene rings is 2. The molecule has 1 amide bonds. The zero-order valence-electron chi connectivity index (χ0n) is 15.5. The number of hydrogen-bond acceptors (Lipinski definition) is 3. The van der Waals surface area contributed by atoms with Gasteiger partial charge < -0.3 is 10.1 Å². The number of carbonyl (C=O) groups excluding carboxylic acids is 1. The van der Waals surface area contributed by atoms with Gasteiger partial charge in [-0.1, -0.05) is 23.7 Å². The first-order valence-corrected chi connectivity index (χ1v) is 9.24. The van der Waals surface area contributed by atoms with Crippen LogP contribution in [0.1, 0.15) is 22.3 Å². The van der Waals surface area contributed by atoms with Gasteiger partial charge in [0, 0.05) is 30.9 Å². The average molecular weight is 442 g/mol. The van der Waals surface area contributed by atoms with Crippen molar-refractivity contribution in [1.82, 2.24) is 15.1 Å². The van der Waals surface area contributed by atoms with Gasteiger partial charge in [-0.15, -0.1) is 0 Å². The molecule has 0 radical (unpaired) electrons. The number of nitrogens with zero attached hydrogens (tertiary/aromatic N) is 2. The van der Waals surface area contributed by atoms with Crippen LogP contribution >= 0.6 is 11.6 Å². The number of aromatic nitrogens is 2. The van der Waals surface area contributed by atoms with Crippen LogP contribution in [-0.2, 0) is 13.2 Å². The Bertz CT molecular complexity index is 1020. The second kappa shape index (κ2) is 9.62. The molecule has 1 aromatic heterocycles. The molecule has 0 unspecified atom stereocenters. The van der Waals surface area contributed by atoms with Crippen molar-refractivity contribution in [2.45, 2.75) is 19.6 Å². The van der Waals surface area contributed by atoms with Crippen molar-refractivity contribution in [1.29, 1.82) is 0 Å². The van der Waals surface area contributed by atoms with Gasteiger partial charge >= 0.3 is 0 Å². The number of hydrogen-bond donors (Lipinski definition) is 1. The molecular weight excluding hydrogens is 426 g/mol. The number of carbonyl (C=O) groups is 1. The molecule has 0 aliphatic carbocycles. The Balaban J connectivity index is 1.50. The predicted octanol–water partition coefficient (Wildman–Crippen LogP) is 4.49. The van der Waals surface area contributed by atoms with Crippen LogP contribution < -0.4 is 10.1 Å². The summed E-state index contributed by atoms with van der Waals surface area (Å²) in [7, 11) is 0. The molecule has 0 bridgehead atoms. The molecule has 0 saturated heterocycles. The number of ether oxygens (including phenoxy) is 1. The summed E-state index contributed by atoms with van der Waals surface area (Å²) in [4.78, 5) is 12.1. The monoisotopic (exact) mass is 441 g/mol. The highest BCUT2D eigenvalue weighted by molar-refractivity contribution is 6.30. The van der Waals surface area contributed by atoms with Crippen LogP contribution in [0.15, 0.2) is 42.7 Å². The van der Waals surface area contributed by atoms with Gasteiger partial charge in [0.15, 0.2) is 17.4 Å². The van der Waals surface area contributed by atoms with E-state index in [-0.39, 0.29) is 18.6 Å². The van der Waals surface area contributed by atoms with Gasteiger partial charge in [-0.2, -0.15) is 13.9 Å². The van der Waals surface area contributed by atoms with Crippen molar-refractivity contribution in [3.05, 3.63) is 82.1 Å². The summed E-state index contributed by atoms with van der Waals surface area (Å²) in [5.41, 5.74) is 0.820. The summed E-state index contributed by atoms with van der Waals surface area (Å²) in [5.74, 6) is -7.75. The number of rotatable bonds is 8. The SMILES string of the molecule is O=C(NCCCn1cc(Cl)cn1)c1ccc(COc2c(F)c(F)cc(F)c2F)cc1. The lowest BCUT2D eigenvalue weighted by atomic mass is 10.1. The van der Waals surface area contributed by atoms with Crippen LogP contribution in [0.2, 0.25) is 5.02 Å². The van der Waals surface area contributed by atoms with Crippen molar-refractivity contribution in [2.24, 2.45) is 0 Å². The molecule has 1 heterocycles. The van der Waals surface area contributed by atoms with E-state index in [1.54, 1.807) is 10.9 Å². The standard InChI is InChI=1S/C20H16ClF4N3O2/c21-14-9-27-28(10-14)7-1-6-26-20(29)13-4-2-12(3-5-13)11-30-19-17(24)15(22)8-16(23)18(19)25/h2-5,8-10H,1,6-7,11H2,(H,26,29). The Kier molecular flexibility index (Phi) is 6.94. The third-order valence-electron chi connectivity index (χ3n) is 4.12. The second-order valence-electron chi connectivity index (χ2n) is 6.31. The Labute approximate surface area is 174 Å². The number of halogens is 5. The van der Waals surface area contributed by atoms with Crippen molar-refractivity contribution >= 4 is 17.5 Å². The molecule has 0 aliphatic rings. The fourth-order valence-electron chi connectivity index (χ4n) is 2.59. The molecule has 5 nitrogen and oxygen atoms in total. The Morgan fingerprint density at radius 3 is 2.37 bits per heavy atom. The van der Waals surface area contributed by atoms with E-state index in [0.29, 0.717) is 35.7 Å². The minimum atomic E-state index is -1.61. The molecule has 10 heteroatoms. The van der Waals surface area contributed by atoms with Gasteiger partial charge in [0.2, 0.25) is 11.6 Å². The highest BCUT2D eigenvalue weighted by Crippen LogP contribution is 2.27. The Morgan fingerprint density at radius 2 is 1.77 bits per heavy atom. The third-order valence-corrected chi connectivity index (χ3v) is 4.32. The highest BCUT2D eigenvalue weighted by atomic mass is 35.5. The Morgan fingerprint density at radius 1 is 1.10 bits per heavy atom. The summed E-state index contributed by atoms with van der Waals surface area (Å²) in [5, 5.41) is 7.32. The molecule has 0 aliphatic heterocycles. The van der Waals surface area contributed by atoms with E-state index in [2.05, 4.69) is 10.4 Å². The van der Waals surface area contributed by atoms with Crippen molar-refractivity contribution in [2.75, 3.05) is 6.54 Å². The van der Waals surface area contributed by atoms with Crippen molar-refractivity contribution in [3.63, 3.8) is 0 Å². The molecule has 158 valence electrons. The fraction of sp³-hybridized carbons (Fsp3) is 0.200. The van der Waals surface area contributed by atoms with Crippen LogP contribution in [0, 0.1) is 23.3 Å². The van der Waals surface area contributed by atoms with Gasteiger partial charge in [0.25, 0.3) is 5.91 Å². The molecule has 0 spiro atoms. The minimum Gasteiger partial charge on any atom is -0.483 e. The summed E-state index contributed by atoms with van der Waals surface area (Å²) in [6, 6.07) is 6.12. The first kappa shape index (κ1) is 21.6. The van der Waals surface area contributed by atoms with Crippen molar-refractivity contribution < 1.29 is 27.1 Å². The van der Waals surface area contributed by atoms with E-state index in [1.165, 1.54) is 30.5 Å². The lowest BCUT2D eigenvalue weighted by Gasteiger charge is -2.10. The topological polar surface area (TPSA) is 56.2 Å². The number of nitrogens with one attached hydrogen (secondary N) is 1. The number of aryl methyl sites for hydroxylation is 1. The molecule has 1 N–H and O–H groups in total. The minimum absolute atomic E-state index is 0.106. The maximum Gasteiger partial charge on any atom is 0.251 e. The van der Waals surface area contributed by atoms with Gasteiger partial charge in [0.1, 0.15) is 6.61 Å². The van der Waals surface area contributed by atoms with Gasteiger partial charge in [-0.3, -0.25) is 9.48 Å². The first-order chi connectivity index (χ1) is 14.3. The van der Waals surface area contributed by atoms with E-state index < -0.39 is 29.0 Å². The smallest absolute Gasteiger partial charge is 0.251 e. The maximum atomic E-state index is 13.6. The van der Waals surface area contributed by atoms with E-state index in [4.69, 9.17) is 16.3 Å². The summed E-state index contributed by atoms with van der Waals surface area (Å²) >= 11 is 5.77. The molecule has 3 aromatic rings. The zero-order chi connectivity index (χ0) is 21.7. The van der Waals surface area contributed by atoms with Gasteiger partial charge in [-0.05, 0) is 24.1 Å². The summed E-state index contributed by atoms with van der Waals surface area (Å²) < 4.78 is 60.1. The maximum absolute atomic E-state index is 13.6. The second-order valence-corrected chi connectivity index (χ2v) is 6.75. The summed E-state index contributed by atoms with van der Waals surface area (Å²) in [6.07, 6.45) is 3.86. The normalized spacial score (nSPS) is 10.8. The lowest BCUT2D eigenvalue weighted by Crippen LogP contribution is -2.25. The predicted molar refractivity (Wildman–Crippen MR) is 101 cm³/mol. The lowest BCUT2D eigenvalue weighted by molar-refractivity contribution is 0.0952. The van der Waals surface area contributed by atoms with Crippen LogP contribution in [-0.4, -0.2) is 22.2 Å². The van der Waals surface area contributed by atoms with E-state index >= 15 is 0 Å². The van der Waals surface area contributed by atoms with Gasteiger partial charge in [-0.25, -0.2) is 8.78 Å². The Hall–Kier alpha value is -3.07. The van der Waals surface area contributed by atoms with Gasteiger partial charge in [0.05, 0.1) is 11.2 Å². The van der Waals surface area contributed by atoms with Crippen LogP contribution in [0.5, 0.6) is 5.75 Å². The van der Waals surface area contributed by atoms with Crippen molar-refractivity contribution in [3.8, 4) is 5.75 Å². The number of amides is 1. The van der Waals surface area contributed by atoms with E-state index in [1.807, 2.05) is 0 Å². The average Bonchev–Trinajstić information content (AvgIpc) is 3.15. The molecule has 0 saturated carbocycles. The molecule has 0 atom stereocenters. The molecular formula is C20H16ClF4N3O2. The van der Waals surface area contributed by atoms with Crippen LogP contribution in [0.25, 0.3) is 0 Å². The third kappa shape index (κ3) is 5.29. The van der Waals surface area contributed by atoms with E-state index in [0.717, 1.165) is 0 Å². The summed E-state index contributed by atoms with van der Waals surface area (Å²) in [6.45, 7) is 0.674. The molecule has 2 aromatic carbocycles. The molecule has 30 heavy (non-hydrogen) atoms. The van der Waals surface area contributed by atoms with E-state index in [9.17, 15) is 22.4 Å². The largest absolute Gasteiger partial charge is 0.483 e. The van der Waals surface area contributed by atoms with Crippen LogP contribution in [0.3, 0.4) is 0 Å². The molecule has 3 rings (SSSR count). The first-order valence-electron chi connectivity index (χ1n) is 8.86. The highest BCUT2D eigenvalue weighted by Gasteiger charge is 2.20. The fourth-order valence-corrected chi connectivity index (χ4v) is 2.75.